The van der Waals surface area contributed by atoms with Crippen LogP contribution in [0.25, 0.3) is 0 Å². The molecule has 3 N–H and O–H groups in total. The molecule has 0 amide bonds. The van der Waals surface area contributed by atoms with Gasteiger partial charge < -0.3 is 20.3 Å². The molecule has 0 aliphatic rings. The Morgan fingerprint density at radius 3 is 2.65 bits per heavy atom. The second-order valence-corrected chi connectivity index (χ2v) is 3.42. The fourth-order valence-electron chi connectivity index (χ4n) is 1.19. The van der Waals surface area contributed by atoms with Crippen LogP contribution in [0.3, 0.4) is 0 Å². The number of hydrogen-bond donors (Lipinski definition) is 2. The van der Waals surface area contributed by atoms with E-state index in [0.717, 1.165) is 0 Å². The predicted molar refractivity (Wildman–Crippen MR) is 62.6 cm³/mol. The van der Waals surface area contributed by atoms with Gasteiger partial charge in [0.2, 0.25) is 0 Å². The summed E-state index contributed by atoms with van der Waals surface area (Å²) in [6, 6.07) is 9.21. The van der Waals surface area contributed by atoms with Gasteiger partial charge in [0.05, 0.1) is 0 Å². The van der Waals surface area contributed by atoms with Gasteiger partial charge in [0.25, 0.3) is 0 Å². The van der Waals surface area contributed by atoms with Crippen LogP contribution >= 0.6 is 0 Å². The zero-order valence-corrected chi connectivity index (χ0v) is 9.54. The molecule has 0 bridgehead atoms. The van der Waals surface area contributed by atoms with Gasteiger partial charge in [0.1, 0.15) is 19.0 Å². The maximum Gasteiger partial charge on any atom is 0.335 e. The third-order valence-corrected chi connectivity index (χ3v) is 2.05. The first-order chi connectivity index (χ1) is 8.24. The standard InChI is InChI=1S/C12H17NO4/c13-7-6-11(14)12(15)17-9-8-16-10-4-2-1-3-5-10/h1-5,11,14H,6-9,13H2/t11-/m0/s1. The number of carbonyl (C=O) groups is 1. The monoisotopic (exact) mass is 239 g/mol. The Hall–Kier alpha value is -1.59. The third-order valence-electron chi connectivity index (χ3n) is 2.05. The highest BCUT2D eigenvalue weighted by Crippen LogP contribution is 2.07. The summed E-state index contributed by atoms with van der Waals surface area (Å²) in [6.07, 6.45) is -0.935. The van der Waals surface area contributed by atoms with Gasteiger partial charge in [-0.2, -0.15) is 0 Å². The molecular formula is C12H17NO4. The molecule has 0 saturated carbocycles. The molecule has 5 heteroatoms. The lowest BCUT2D eigenvalue weighted by molar-refractivity contribution is -0.154. The number of nitrogens with two attached hydrogens (primary N) is 1. The van der Waals surface area contributed by atoms with Crippen LogP contribution in [0.2, 0.25) is 0 Å². The first-order valence-corrected chi connectivity index (χ1v) is 5.46. The van der Waals surface area contributed by atoms with E-state index in [9.17, 15) is 9.90 Å². The van der Waals surface area contributed by atoms with Gasteiger partial charge in [-0.3, -0.25) is 0 Å². The Bertz CT molecular complexity index is 329. The average Bonchev–Trinajstić information content (AvgIpc) is 2.36. The molecule has 1 atom stereocenters. The number of rotatable bonds is 7. The molecule has 0 aromatic heterocycles. The van der Waals surface area contributed by atoms with Crippen molar-refractivity contribution >= 4 is 5.97 Å². The number of aliphatic hydroxyl groups excluding tert-OH is 1. The van der Waals surface area contributed by atoms with Crippen LogP contribution < -0.4 is 10.5 Å². The van der Waals surface area contributed by atoms with Gasteiger partial charge in [-0.1, -0.05) is 18.2 Å². The Kier molecular flexibility index (Phi) is 6.06. The lowest BCUT2D eigenvalue weighted by Gasteiger charge is -2.10. The summed E-state index contributed by atoms with van der Waals surface area (Å²) in [5, 5.41) is 9.24. The molecule has 0 aliphatic heterocycles. The van der Waals surface area contributed by atoms with Crippen LogP contribution in [0.15, 0.2) is 30.3 Å². The van der Waals surface area contributed by atoms with Crippen molar-refractivity contribution in [1.82, 2.24) is 0 Å². The number of aliphatic hydroxyl groups is 1. The summed E-state index contributed by atoms with van der Waals surface area (Å²) < 4.78 is 10.1. The van der Waals surface area contributed by atoms with E-state index < -0.39 is 12.1 Å². The van der Waals surface area contributed by atoms with Gasteiger partial charge in [-0.05, 0) is 25.1 Å². The fraction of sp³-hybridized carbons (Fsp3) is 0.417. The summed E-state index contributed by atoms with van der Waals surface area (Å²) in [5.74, 6) is 0.0539. The van der Waals surface area contributed by atoms with E-state index in [1.807, 2.05) is 30.3 Å². The van der Waals surface area contributed by atoms with E-state index in [-0.39, 0.29) is 26.2 Å². The number of para-hydroxylation sites is 1. The largest absolute Gasteiger partial charge is 0.490 e. The fourth-order valence-corrected chi connectivity index (χ4v) is 1.19. The minimum absolute atomic E-state index is 0.107. The smallest absolute Gasteiger partial charge is 0.335 e. The lowest BCUT2D eigenvalue weighted by atomic mass is 10.2. The molecule has 0 unspecified atom stereocenters. The number of ether oxygens (including phenoxy) is 2. The molecule has 94 valence electrons. The normalized spacial score (nSPS) is 11.9. The number of esters is 1. The molecule has 0 spiro atoms. The Morgan fingerprint density at radius 2 is 2.00 bits per heavy atom. The SMILES string of the molecule is NCC[C@H](O)C(=O)OCCOc1ccccc1. The highest BCUT2D eigenvalue weighted by atomic mass is 16.6. The van der Waals surface area contributed by atoms with Crippen LogP contribution in [-0.4, -0.2) is 36.9 Å². The second kappa shape index (κ2) is 7.65. The average molecular weight is 239 g/mol. The van der Waals surface area contributed by atoms with Gasteiger partial charge >= 0.3 is 5.97 Å². The molecule has 0 fully saturated rings. The van der Waals surface area contributed by atoms with Crippen LogP contribution in [0.4, 0.5) is 0 Å². The Morgan fingerprint density at radius 1 is 1.29 bits per heavy atom. The van der Waals surface area contributed by atoms with Crippen molar-refractivity contribution < 1.29 is 19.4 Å². The topological polar surface area (TPSA) is 81.8 Å². The lowest BCUT2D eigenvalue weighted by Crippen LogP contribution is -2.27. The van der Waals surface area contributed by atoms with Gasteiger partial charge in [0.15, 0.2) is 6.10 Å². The van der Waals surface area contributed by atoms with E-state index in [2.05, 4.69) is 0 Å². The molecule has 1 aromatic carbocycles. The van der Waals surface area contributed by atoms with Crippen LogP contribution in [0.5, 0.6) is 5.75 Å². The van der Waals surface area contributed by atoms with Gasteiger partial charge in [-0.25, -0.2) is 4.79 Å². The van der Waals surface area contributed by atoms with Crippen molar-refractivity contribution in [3.8, 4) is 5.75 Å². The van der Waals surface area contributed by atoms with Crippen molar-refractivity contribution in [3.05, 3.63) is 30.3 Å². The first kappa shape index (κ1) is 13.5. The zero-order chi connectivity index (χ0) is 12.5. The van der Waals surface area contributed by atoms with Crippen molar-refractivity contribution in [1.29, 1.82) is 0 Å². The molecule has 0 saturated heterocycles. The van der Waals surface area contributed by atoms with Crippen LogP contribution in [0.1, 0.15) is 6.42 Å². The molecule has 17 heavy (non-hydrogen) atoms. The van der Waals surface area contributed by atoms with Crippen molar-refractivity contribution in [2.75, 3.05) is 19.8 Å². The molecule has 0 heterocycles. The Labute approximate surface area is 100 Å². The Balaban J connectivity index is 2.14. The minimum Gasteiger partial charge on any atom is -0.490 e. The predicted octanol–water partition coefficient (Wildman–Crippen LogP) is 0.318. The number of carbonyl (C=O) groups excluding carboxylic acids is 1. The summed E-state index contributed by atoms with van der Waals surface area (Å²) in [7, 11) is 0. The highest BCUT2D eigenvalue weighted by molar-refractivity contribution is 5.74. The quantitative estimate of drug-likeness (QED) is 0.529. The molecule has 0 aliphatic carbocycles. The first-order valence-electron chi connectivity index (χ1n) is 5.46. The van der Waals surface area contributed by atoms with Crippen molar-refractivity contribution in [2.24, 2.45) is 5.73 Å². The van der Waals surface area contributed by atoms with E-state index in [1.54, 1.807) is 0 Å². The molecule has 1 aromatic rings. The van der Waals surface area contributed by atoms with Crippen LogP contribution in [0, 0.1) is 0 Å². The van der Waals surface area contributed by atoms with Gasteiger partial charge in [0, 0.05) is 0 Å². The maximum absolute atomic E-state index is 11.2. The zero-order valence-electron chi connectivity index (χ0n) is 9.54. The second-order valence-electron chi connectivity index (χ2n) is 3.42. The molecule has 1 rings (SSSR count). The third kappa shape index (κ3) is 5.33. The highest BCUT2D eigenvalue weighted by Gasteiger charge is 2.14. The van der Waals surface area contributed by atoms with E-state index >= 15 is 0 Å². The summed E-state index contributed by atoms with van der Waals surface area (Å²) in [5.41, 5.74) is 5.21. The minimum atomic E-state index is -1.14. The van der Waals surface area contributed by atoms with E-state index in [4.69, 9.17) is 15.2 Å². The van der Waals surface area contributed by atoms with Crippen LogP contribution in [-0.2, 0) is 9.53 Å². The molecule has 5 nitrogen and oxygen atoms in total. The number of hydrogen-bond acceptors (Lipinski definition) is 5. The van der Waals surface area contributed by atoms with E-state index in [1.165, 1.54) is 0 Å². The van der Waals surface area contributed by atoms with E-state index in [0.29, 0.717) is 5.75 Å². The summed E-state index contributed by atoms with van der Waals surface area (Å²) in [4.78, 5) is 11.2. The van der Waals surface area contributed by atoms with Gasteiger partial charge in [-0.15, -0.1) is 0 Å². The van der Waals surface area contributed by atoms with Crippen molar-refractivity contribution in [2.45, 2.75) is 12.5 Å². The number of benzene rings is 1. The molecule has 0 radical (unpaired) electrons. The summed E-state index contributed by atoms with van der Waals surface area (Å²) >= 11 is 0. The summed E-state index contributed by atoms with van der Waals surface area (Å²) in [6.45, 7) is 0.608. The maximum atomic E-state index is 11.2. The molecular weight excluding hydrogens is 222 g/mol. The van der Waals surface area contributed by atoms with Crippen molar-refractivity contribution in [3.63, 3.8) is 0 Å².